The van der Waals surface area contributed by atoms with Gasteiger partial charge in [0.15, 0.2) is 0 Å². The lowest BCUT2D eigenvalue weighted by Crippen LogP contribution is -2.45. The lowest BCUT2D eigenvalue weighted by molar-refractivity contribution is -0.123. The SMILES string of the molecule is CC/C=C\C/C=C\C/C=C\C/C=C\C/C=C\C/C=C\C/C=C\CCCCCCCCCCCCCCCCCC(=O)NC(CO)C(O)CCCCCCCCCCCCCCCCCCCCCCCCCCCCCCCCCCC. The number of aliphatic hydroxyl groups excluding tert-OH is 2. The van der Waals surface area contributed by atoms with Crippen molar-refractivity contribution in [3.05, 3.63) is 85.1 Å². The minimum absolute atomic E-state index is 0.0279. The standard InChI is InChI=1S/C78H143NO3/c1-3-5-7-9-11-13-15-17-19-21-23-25-27-29-31-33-35-37-38-39-40-42-44-46-48-50-52-54-56-58-60-62-64-66-68-70-72-74-78(82)79-76(75-80)77(81)73-71-69-67-65-63-61-59-57-55-53-51-49-47-45-43-41-36-34-32-30-28-26-24-22-20-18-16-14-12-10-8-6-4-2/h5,7,11,13,17,19,23,25,29,31,35,37,39-40,76-77,80-81H,3-4,6,8-10,12,14-16,18,20-22,24,26-28,30,32-34,36,38,41-75H2,1-2H3,(H,79,82)/b7-5-,13-11-,19-17-,25-23-,31-29-,37-35-,40-39-. The molecule has 0 rings (SSSR count). The molecular formula is C78H143NO3. The van der Waals surface area contributed by atoms with Crippen LogP contribution in [0.1, 0.15) is 386 Å². The van der Waals surface area contributed by atoms with Crippen LogP contribution < -0.4 is 5.32 Å². The summed E-state index contributed by atoms with van der Waals surface area (Å²) in [4.78, 5) is 12.6. The fourth-order valence-corrected chi connectivity index (χ4v) is 11.4. The number of allylic oxidation sites excluding steroid dienone is 14. The molecule has 0 aromatic rings. The monoisotopic (exact) mass is 1140 g/mol. The predicted molar refractivity (Wildman–Crippen MR) is 368 cm³/mol. The molecular weight excluding hydrogens is 999 g/mol. The molecule has 0 aromatic heterocycles. The maximum Gasteiger partial charge on any atom is 0.220 e. The maximum atomic E-state index is 12.6. The molecule has 82 heavy (non-hydrogen) atoms. The second-order valence-electron chi connectivity index (χ2n) is 25.0. The Balaban J connectivity index is 3.43. The van der Waals surface area contributed by atoms with E-state index in [1.54, 1.807) is 0 Å². The molecule has 4 nitrogen and oxygen atoms in total. The first kappa shape index (κ1) is 79.6. The third kappa shape index (κ3) is 68.4. The summed E-state index contributed by atoms with van der Waals surface area (Å²) in [7, 11) is 0. The first-order valence-electron chi connectivity index (χ1n) is 36.8. The molecule has 3 N–H and O–H groups in total. The summed E-state index contributed by atoms with van der Waals surface area (Å²) in [6, 6.07) is -0.542. The summed E-state index contributed by atoms with van der Waals surface area (Å²) < 4.78 is 0. The summed E-state index contributed by atoms with van der Waals surface area (Å²) in [5, 5.41) is 23.5. The molecule has 4 heteroatoms. The average Bonchev–Trinajstić information content (AvgIpc) is 3.50. The Hall–Kier alpha value is -2.43. The molecule has 0 aliphatic carbocycles. The lowest BCUT2D eigenvalue weighted by atomic mass is 10.0. The maximum absolute atomic E-state index is 12.6. The van der Waals surface area contributed by atoms with Crippen molar-refractivity contribution in [2.45, 2.75) is 398 Å². The van der Waals surface area contributed by atoms with Gasteiger partial charge in [0.05, 0.1) is 18.8 Å². The van der Waals surface area contributed by atoms with Gasteiger partial charge in [-0.25, -0.2) is 0 Å². The number of aliphatic hydroxyl groups is 2. The summed E-state index contributed by atoms with van der Waals surface area (Å²) in [6.07, 6.45) is 107. The van der Waals surface area contributed by atoms with Crippen molar-refractivity contribution in [2.75, 3.05) is 6.61 Å². The summed E-state index contributed by atoms with van der Waals surface area (Å²) in [6.45, 7) is 4.28. The van der Waals surface area contributed by atoms with E-state index < -0.39 is 12.1 Å². The van der Waals surface area contributed by atoms with Gasteiger partial charge in [-0.15, -0.1) is 0 Å². The van der Waals surface area contributed by atoms with E-state index in [4.69, 9.17) is 0 Å². The highest BCUT2D eigenvalue weighted by Gasteiger charge is 2.20. The van der Waals surface area contributed by atoms with Gasteiger partial charge in [-0.1, -0.05) is 394 Å². The first-order chi connectivity index (χ1) is 40.7. The lowest BCUT2D eigenvalue weighted by Gasteiger charge is -2.22. The molecule has 478 valence electrons. The molecule has 2 unspecified atom stereocenters. The van der Waals surface area contributed by atoms with Crippen molar-refractivity contribution in [3.63, 3.8) is 0 Å². The number of carbonyl (C=O) groups is 1. The Kier molecular flexibility index (Phi) is 70.7. The number of nitrogens with one attached hydrogen (secondary N) is 1. The Bertz CT molecular complexity index is 1440. The van der Waals surface area contributed by atoms with Gasteiger partial charge in [-0.2, -0.15) is 0 Å². The van der Waals surface area contributed by atoms with Gasteiger partial charge < -0.3 is 15.5 Å². The van der Waals surface area contributed by atoms with E-state index in [2.05, 4.69) is 104 Å². The number of amides is 1. The van der Waals surface area contributed by atoms with Crippen LogP contribution in [0.25, 0.3) is 0 Å². The van der Waals surface area contributed by atoms with Crippen molar-refractivity contribution in [1.82, 2.24) is 5.32 Å². The van der Waals surface area contributed by atoms with E-state index in [-0.39, 0.29) is 12.5 Å². The highest BCUT2D eigenvalue weighted by Crippen LogP contribution is 2.19. The topological polar surface area (TPSA) is 69.6 Å². The van der Waals surface area contributed by atoms with Crippen molar-refractivity contribution in [2.24, 2.45) is 0 Å². The fraction of sp³-hybridized carbons (Fsp3) is 0.808. The second-order valence-corrected chi connectivity index (χ2v) is 25.0. The van der Waals surface area contributed by atoms with Crippen LogP contribution in [0.4, 0.5) is 0 Å². The zero-order chi connectivity index (χ0) is 59.1. The third-order valence-electron chi connectivity index (χ3n) is 16.9. The minimum atomic E-state index is -0.665. The van der Waals surface area contributed by atoms with Crippen LogP contribution in [0.2, 0.25) is 0 Å². The van der Waals surface area contributed by atoms with E-state index >= 15 is 0 Å². The summed E-state index contributed by atoms with van der Waals surface area (Å²) in [5.41, 5.74) is 0. The van der Waals surface area contributed by atoms with Crippen LogP contribution in [-0.4, -0.2) is 34.9 Å². The quantitative estimate of drug-likeness (QED) is 0.0420. The predicted octanol–water partition coefficient (Wildman–Crippen LogP) is 25.4. The van der Waals surface area contributed by atoms with E-state index in [0.29, 0.717) is 12.8 Å². The molecule has 0 saturated carbocycles. The van der Waals surface area contributed by atoms with Gasteiger partial charge in [-0.05, 0) is 70.6 Å². The molecule has 0 radical (unpaired) electrons. The molecule has 1 amide bonds. The Morgan fingerprint density at radius 3 is 0.805 bits per heavy atom. The number of carbonyl (C=O) groups excluding carboxylic acids is 1. The summed E-state index contributed by atoms with van der Waals surface area (Å²) >= 11 is 0. The molecule has 0 aliphatic rings. The van der Waals surface area contributed by atoms with Crippen molar-refractivity contribution in [3.8, 4) is 0 Å². The molecule has 0 saturated heterocycles. The molecule has 0 spiro atoms. The Labute approximate surface area is 513 Å². The molecule has 0 fully saturated rings. The summed E-state index contributed by atoms with van der Waals surface area (Å²) in [5.74, 6) is -0.0279. The third-order valence-corrected chi connectivity index (χ3v) is 16.9. The number of hydrogen-bond acceptors (Lipinski definition) is 3. The van der Waals surface area contributed by atoms with Gasteiger partial charge in [-0.3, -0.25) is 4.79 Å². The highest BCUT2D eigenvalue weighted by molar-refractivity contribution is 5.76. The first-order valence-corrected chi connectivity index (χ1v) is 36.8. The van der Waals surface area contributed by atoms with Crippen molar-refractivity contribution < 1.29 is 15.0 Å². The van der Waals surface area contributed by atoms with Gasteiger partial charge in [0.2, 0.25) is 5.91 Å². The second kappa shape index (κ2) is 72.8. The molecule has 0 aromatic carbocycles. The smallest absolute Gasteiger partial charge is 0.220 e. The highest BCUT2D eigenvalue weighted by atomic mass is 16.3. The van der Waals surface area contributed by atoms with Crippen LogP contribution in [0.3, 0.4) is 0 Å². The zero-order valence-electron chi connectivity index (χ0n) is 55.3. The molecule has 0 heterocycles. The van der Waals surface area contributed by atoms with E-state index in [9.17, 15) is 15.0 Å². The van der Waals surface area contributed by atoms with Crippen molar-refractivity contribution >= 4 is 5.91 Å². The van der Waals surface area contributed by atoms with Gasteiger partial charge >= 0.3 is 0 Å². The van der Waals surface area contributed by atoms with Crippen LogP contribution in [0.15, 0.2) is 85.1 Å². The van der Waals surface area contributed by atoms with Gasteiger partial charge in [0, 0.05) is 6.42 Å². The Morgan fingerprint density at radius 2 is 0.537 bits per heavy atom. The number of unbranched alkanes of at least 4 members (excludes halogenated alkanes) is 47. The van der Waals surface area contributed by atoms with Gasteiger partial charge in [0.25, 0.3) is 0 Å². The number of rotatable bonds is 68. The minimum Gasteiger partial charge on any atom is -0.394 e. The fourth-order valence-electron chi connectivity index (χ4n) is 11.4. The average molecular weight is 1140 g/mol. The Morgan fingerprint density at radius 1 is 0.305 bits per heavy atom. The van der Waals surface area contributed by atoms with Gasteiger partial charge in [0.1, 0.15) is 0 Å². The molecule has 0 bridgehead atoms. The van der Waals surface area contributed by atoms with Crippen LogP contribution >= 0.6 is 0 Å². The van der Waals surface area contributed by atoms with E-state index in [1.165, 1.54) is 289 Å². The normalized spacial score (nSPS) is 13.2. The zero-order valence-corrected chi connectivity index (χ0v) is 55.3. The molecule has 2 atom stereocenters. The molecule has 0 aliphatic heterocycles. The van der Waals surface area contributed by atoms with E-state index in [0.717, 1.165) is 70.6 Å². The van der Waals surface area contributed by atoms with E-state index in [1.807, 2.05) is 0 Å². The number of hydrogen-bond donors (Lipinski definition) is 3. The van der Waals surface area contributed by atoms with Crippen LogP contribution in [-0.2, 0) is 4.79 Å². The largest absolute Gasteiger partial charge is 0.394 e. The van der Waals surface area contributed by atoms with Crippen LogP contribution in [0, 0.1) is 0 Å². The van der Waals surface area contributed by atoms with Crippen LogP contribution in [0.5, 0.6) is 0 Å². The van der Waals surface area contributed by atoms with Crippen molar-refractivity contribution in [1.29, 1.82) is 0 Å².